The molecule has 2 aromatic carbocycles. The molecular weight excluding hydrogens is 320 g/mol. The highest BCUT2D eigenvalue weighted by Crippen LogP contribution is 2.48. The van der Waals surface area contributed by atoms with Crippen LogP contribution >= 0.6 is 0 Å². The average Bonchev–Trinajstić information content (AvgIpc) is 2.66. The molecule has 128 valence electrons. The van der Waals surface area contributed by atoms with Crippen molar-refractivity contribution in [1.29, 1.82) is 0 Å². The van der Waals surface area contributed by atoms with Gasteiger partial charge >= 0.3 is 0 Å². The normalized spacial score (nSPS) is 21.1. The molecule has 2 aromatic rings. The van der Waals surface area contributed by atoms with Crippen molar-refractivity contribution in [3.05, 3.63) is 35.4 Å². The Morgan fingerprint density at radius 1 is 1.17 bits per heavy atom. The van der Waals surface area contributed by atoms with E-state index in [1.807, 2.05) is 39.0 Å². The lowest BCUT2D eigenvalue weighted by Gasteiger charge is -2.35. The maximum absolute atomic E-state index is 13.3. The average molecular weight is 345 g/mol. The second-order valence-electron chi connectivity index (χ2n) is 8.72. The Morgan fingerprint density at radius 2 is 1.88 bits per heavy atom. The molecule has 0 saturated heterocycles. The van der Waals surface area contributed by atoms with Crippen LogP contribution < -0.4 is 4.31 Å². The molecule has 0 fully saturated rings. The molecule has 0 saturated carbocycles. The minimum Gasteiger partial charge on any atom is -0.324 e. The van der Waals surface area contributed by atoms with Crippen LogP contribution in [0.1, 0.15) is 31.9 Å². The Hall–Kier alpha value is -1.59. The van der Waals surface area contributed by atoms with Crippen molar-refractivity contribution in [3.63, 3.8) is 0 Å². The van der Waals surface area contributed by atoms with E-state index in [1.54, 1.807) is 4.31 Å². The smallest absolute Gasteiger partial charge is 0.265 e. The van der Waals surface area contributed by atoms with Crippen LogP contribution in [0.2, 0.25) is 0 Å². The van der Waals surface area contributed by atoms with Gasteiger partial charge in [0.25, 0.3) is 10.0 Å². The maximum Gasteiger partial charge on any atom is 0.265 e. The molecule has 0 unspecified atom stereocenters. The number of fused-ring (bicyclic) bond motifs is 2. The predicted octanol–water partition coefficient (Wildman–Crippen LogP) is 3.28. The van der Waals surface area contributed by atoms with Crippen molar-refractivity contribution in [2.24, 2.45) is 0 Å². The number of likely N-dealkylation sites (N-methyl/N-ethyl adjacent to an activating group) is 1. The van der Waals surface area contributed by atoms with Crippen molar-refractivity contribution in [2.45, 2.75) is 44.2 Å². The first kappa shape index (κ1) is 15.9. The number of rotatable bonds is 0. The van der Waals surface area contributed by atoms with E-state index in [1.165, 1.54) is 11.1 Å². The van der Waals surface area contributed by atoms with Crippen LogP contribution in [-0.4, -0.2) is 39.1 Å². The third-order valence-electron chi connectivity index (χ3n) is 5.22. The fraction of sp³-hybridized carbons (Fsp3) is 0.474. The summed E-state index contributed by atoms with van der Waals surface area (Å²) in [5.41, 5.74) is 2.86. The summed E-state index contributed by atoms with van der Waals surface area (Å²) in [5, 5.41) is 2.04. The highest BCUT2D eigenvalue weighted by Gasteiger charge is 2.43. The van der Waals surface area contributed by atoms with E-state index in [9.17, 15) is 8.42 Å². The SMILES string of the molecule is CC(C)(C)N1c2cccc3c4c(cc(c23)S1(=O)=O)C[N+](C)(C)CC4. The van der Waals surface area contributed by atoms with Crippen LogP contribution in [0, 0.1) is 0 Å². The first-order chi connectivity index (χ1) is 11.0. The third kappa shape index (κ3) is 2.04. The molecule has 2 heterocycles. The lowest BCUT2D eigenvalue weighted by Crippen LogP contribution is -2.44. The summed E-state index contributed by atoms with van der Waals surface area (Å²) in [5.74, 6) is 0. The van der Waals surface area contributed by atoms with Crippen molar-refractivity contribution in [2.75, 3.05) is 24.9 Å². The number of nitrogens with zero attached hydrogens (tertiary/aromatic N) is 2. The number of hydrogen-bond donors (Lipinski definition) is 0. The van der Waals surface area contributed by atoms with Gasteiger partial charge in [0.1, 0.15) is 6.54 Å². The molecule has 0 aromatic heterocycles. The van der Waals surface area contributed by atoms with Crippen molar-refractivity contribution in [1.82, 2.24) is 0 Å². The van der Waals surface area contributed by atoms with Gasteiger partial charge < -0.3 is 4.48 Å². The Labute approximate surface area is 144 Å². The van der Waals surface area contributed by atoms with Gasteiger partial charge in [-0.15, -0.1) is 0 Å². The Kier molecular flexibility index (Phi) is 3.00. The zero-order valence-electron chi connectivity index (χ0n) is 15.0. The number of anilines is 1. The largest absolute Gasteiger partial charge is 0.324 e. The molecule has 2 aliphatic rings. The van der Waals surface area contributed by atoms with Gasteiger partial charge in [-0.3, -0.25) is 4.31 Å². The van der Waals surface area contributed by atoms with E-state index in [0.717, 1.165) is 40.5 Å². The second-order valence-corrected chi connectivity index (χ2v) is 10.5. The highest BCUT2D eigenvalue weighted by atomic mass is 32.2. The van der Waals surface area contributed by atoms with Gasteiger partial charge in [-0.1, -0.05) is 12.1 Å². The topological polar surface area (TPSA) is 37.4 Å². The molecular formula is C19H25N2O2S+. The molecule has 0 radical (unpaired) electrons. The minimum atomic E-state index is -3.50. The van der Waals surface area contributed by atoms with Gasteiger partial charge in [0.15, 0.2) is 0 Å². The summed E-state index contributed by atoms with van der Waals surface area (Å²) >= 11 is 0. The molecule has 0 amide bonds. The van der Waals surface area contributed by atoms with Gasteiger partial charge in [0.2, 0.25) is 0 Å². The van der Waals surface area contributed by atoms with Crippen LogP contribution in [0.4, 0.5) is 5.69 Å². The fourth-order valence-electron chi connectivity index (χ4n) is 4.25. The first-order valence-electron chi connectivity index (χ1n) is 8.47. The van der Waals surface area contributed by atoms with Gasteiger partial charge in [-0.05, 0) is 43.9 Å². The summed E-state index contributed by atoms with van der Waals surface area (Å²) in [6.07, 6.45) is 0.998. The lowest BCUT2D eigenvalue weighted by atomic mass is 9.91. The van der Waals surface area contributed by atoms with Crippen molar-refractivity contribution in [3.8, 4) is 0 Å². The Bertz CT molecular complexity index is 969. The maximum atomic E-state index is 13.3. The molecule has 5 heteroatoms. The number of sulfonamides is 1. The molecule has 2 aliphatic heterocycles. The lowest BCUT2D eigenvalue weighted by molar-refractivity contribution is -0.905. The molecule has 4 nitrogen and oxygen atoms in total. The Balaban J connectivity index is 2.09. The van der Waals surface area contributed by atoms with E-state index in [-0.39, 0.29) is 0 Å². The number of hydrogen-bond acceptors (Lipinski definition) is 2. The standard InChI is InChI=1S/C19H25N2O2S/c1-19(2,3)20-16-8-6-7-15-14-9-10-21(4,5)12-13(14)11-17(18(15)16)24(20,22)23/h6-8,11H,9-10,12H2,1-5H3/q+1. The minimum absolute atomic E-state index is 0.484. The van der Waals surface area contributed by atoms with Crippen LogP contribution in [0.25, 0.3) is 10.8 Å². The number of quaternary nitrogens is 1. The van der Waals surface area contributed by atoms with E-state index in [4.69, 9.17) is 0 Å². The zero-order chi connectivity index (χ0) is 17.5. The van der Waals surface area contributed by atoms with Crippen LogP contribution in [0.5, 0.6) is 0 Å². The molecule has 0 N–H and O–H groups in total. The molecule has 0 aliphatic carbocycles. The zero-order valence-corrected chi connectivity index (χ0v) is 15.9. The highest BCUT2D eigenvalue weighted by molar-refractivity contribution is 7.93. The summed E-state index contributed by atoms with van der Waals surface area (Å²) < 4.78 is 29.1. The van der Waals surface area contributed by atoms with Gasteiger partial charge in [-0.25, -0.2) is 8.42 Å². The first-order valence-corrected chi connectivity index (χ1v) is 9.91. The Morgan fingerprint density at radius 3 is 2.54 bits per heavy atom. The van der Waals surface area contributed by atoms with Gasteiger partial charge in [0.05, 0.1) is 31.2 Å². The van der Waals surface area contributed by atoms with Crippen LogP contribution in [0.3, 0.4) is 0 Å². The van der Waals surface area contributed by atoms with Gasteiger partial charge in [0, 0.05) is 22.9 Å². The molecule has 0 bridgehead atoms. The fourth-order valence-corrected chi connectivity index (χ4v) is 6.35. The summed E-state index contributed by atoms with van der Waals surface area (Å²) in [7, 11) is 0.914. The van der Waals surface area contributed by atoms with Crippen LogP contribution in [0.15, 0.2) is 29.2 Å². The summed E-state index contributed by atoms with van der Waals surface area (Å²) in [6, 6.07) is 7.97. The molecule has 0 spiro atoms. The van der Waals surface area contributed by atoms with Crippen molar-refractivity contribution >= 4 is 26.5 Å². The third-order valence-corrected chi connectivity index (χ3v) is 7.32. The monoisotopic (exact) mass is 345 g/mol. The number of benzene rings is 2. The second kappa shape index (κ2) is 4.52. The quantitative estimate of drug-likeness (QED) is 0.687. The molecule has 24 heavy (non-hydrogen) atoms. The van der Waals surface area contributed by atoms with E-state index in [0.29, 0.717) is 4.90 Å². The summed E-state index contributed by atoms with van der Waals surface area (Å²) in [6.45, 7) is 7.83. The van der Waals surface area contributed by atoms with Crippen LogP contribution in [-0.2, 0) is 23.0 Å². The van der Waals surface area contributed by atoms with Crippen molar-refractivity contribution < 1.29 is 12.9 Å². The van der Waals surface area contributed by atoms with E-state index < -0.39 is 15.6 Å². The summed E-state index contributed by atoms with van der Waals surface area (Å²) in [4.78, 5) is 0.490. The van der Waals surface area contributed by atoms with E-state index in [2.05, 4.69) is 20.2 Å². The molecule has 4 rings (SSSR count). The predicted molar refractivity (Wildman–Crippen MR) is 97.7 cm³/mol. The molecule has 0 atom stereocenters. The van der Waals surface area contributed by atoms with Gasteiger partial charge in [-0.2, -0.15) is 0 Å². The van der Waals surface area contributed by atoms with E-state index >= 15 is 0 Å².